The lowest BCUT2D eigenvalue weighted by molar-refractivity contribution is -0.490. The van der Waals surface area contributed by atoms with E-state index in [0.717, 1.165) is 5.69 Å². The summed E-state index contributed by atoms with van der Waals surface area (Å²) < 4.78 is 5.10. The number of ketones is 1. The van der Waals surface area contributed by atoms with Gasteiger partial charge in [-0.2, -0.15) is 0 Å². The summed E-state index contributed by atoms with van der Waals surface area (Å²) in [6.07, 6.45) is 0.0256. The molecule has 0 unspecified atom stereocenters. The highest BCUT2D eigenvalue weighted by Gasteiger charge is 2.44. The van der Waals surface area contributed by atoms with Crippen molar-refractivity contribution in [1.29, 1.82) is 0 Å². The van der Waals surface area contributed by atoms with Crippen LogP contribution in [0, 0.1) is 27.9 Å². The molecule has 0 aromatic heterocycles. The summed E-state index contributed by atoms with van der Waals surface area (Å²) in [5.41, 5.74) is 1.11. The zero-order valence-corrected chi connectivity index (χ0v) is 17.1. The van der Waals surface area contributed by atoms with E-state index in [1.807, 2.05) is 30.3 Å². The van der Waals surface area contributed by atoms with Crippen molar-refractivity contribution in [2.45, 2.75) is 19.8 Å². The van der Waals surface area contributed by atoms with Crippen LogP contribution in [0.25, 0.3) is 0 Å². The number of anilines is 1. The third kappa shape index (κ3) is 5.34. The van der Waals surface area contributed by atoms with Crippen LogP contribution in [-0.4, -0.2) is 66.8 Å². The minimum absolute atomic E-state index is 0.136. The molecule has 3 rings (SSSR count). The Kier molecular flexibility index (Phi) is 7.02. The quantitative estimate of drug-likeness (QED) is 0.374. The number of benzene rings is 1. The van der Waals surface area contributed by atoms with Gasteiger partial charge >= 0.3 is 5.97 Å². The first-order valence-electron chi connectivity index (χ1n) is 10.2. The van der Waals surface area contributed by atoms with E-state index in [0.29, 0.717) is 26.2 Å². The molecule has 2 fully saturated rings. The molecule has 1 aromatic carbocycles. The van der Waals surface area contributed by atoms with E-state index < -0.39 is 22.7 Å². The van der Waals surface area contributed by atoms with E-state index >= 15 is 0 Å². The molecule has 0 bridgehead atoms. The zero-order chi connectivity index (χ0) is 21.7. The number of carbonyl (C=O) groups excluding carboxylic acids is 3. The van der Waals surface area contributed by atoms with Crippen LogP contribution >= 0.6 is 0 Å². The monoisotopic (exact) mass is 417 g/mol. The Balaban J connectivity index is 1.44. The van der Waals surface area contributed by atoms with Crippen LogP contribution in [0.4, 0.5) is 5.69 Å². The molecule has 0 N–H and O–H groups in total. The highest BCUT2D eigenvalue weighted by Crippen LogP contribution is 2.36. The van der Waals surface area contributed by atoms with Crippen LogP contribution in [-0.2, 0) is 19.1 Å². The maximum absolute atomic E-state index is 12.4. The Hall–Kier alpha value is -2.97. The topological polar surface area (TPSA) is 110 Å². The van der Waals surface area contributed by atoms with Gasteiger partial charge in [-0.3, -0.25) is 24.5 Å². The fraction of sp³-hybridized carbons (Fsp3) is 0.571. The maximum Gasteiger partial charge on any atom is 0.307 e. The van der Waals surface area contributed by atoms with E-state index in [4.69, 9.17) is 4.74 Å². The minimum atomic E-state index is -0.706. The number of piperazine rings is 1. The van der Waals surface area contributed by atoms with Crippen LogP contribution in [0.3, 0.4) is 0 Å². The first-order chi connectivity index (χ1) is 14.3. The SMILES string of the molecule is C[C@H]1CC(=O)[C@H](CC(=O)OCC(=O)N2CCN(c3ccccc3)CC2)[C@@H]1C[N+](=O)[O-]. The number of amides is 1. The predicted molar refractivity (Wildman–Crippen MR) is 108 cm³/mol. The maximum atomic E-state index is 12.4. The highest BCUT2D eigenvalue weighted by atomic mass is 16.6. The van der Waals surface area contributed by atoms with E-state index in [2.05, 4.69) is 4.90 Å². The van der Waals surface area contributed by atoms with Crippen LogP contribution in [0.5, 0.6) is 0 Å². The standard InChI is InChI=1S/C21H27N3O6/c1-15-11-19(25)17(18(15)13-24(28)29)12-21(27)30-14-20(26)23-9-7-22(8-10-23)16-5-3-2-4-6-16/h2-6,15,17-18H,7-14H2,1H3/t15-,17+,18+/m0/s1. The molecular weight excluding hydrogens is 390 g/mol. The molecule has 30 heavy (non-hydrogen) atoms. The molecule has 3 atom stereocenters. The molecular formula is C21H27N3O6. The van der Waals surface area contributed by atoms with Gasteiger partial charge in [-0.1, -0.05) is 25.1 Å². The lowest BCUT2D eigenvalue weighted by Gasteiger charge is -2.36. The Bertz CT molecular complexity index is 791. The molecule has 1 aliphatic heterocycles. The number of ether oxygens (including phenoxy) is 1. The molecule has 162 valence electrons. The predicted octanol–water partition coefficient (Wildman–Crippen LogP) is 1.39. The van der Waals surface area contributed by atoms with Crippen molar-refractivity contribution in [3.05, 3.63) is 40.4 Å². The van der Waals surface area contributed by atoms with Gasteiger partial charge in [0.2, 0.25) is 6.54 Å². The average molecular weight is 417 g/mol. The average Bonchev–Trinajstić information content (AvgIpc) is 2.99. The van der Waals surface area contributed by atoms with Gasteiger partial charge in [-0.25, -0.2) is 0 Å². The summed E-state index contributed by atoms with van der Waals surface area (Å²) in [6.45, 7) is 3.54. The van der Waals surface area contributed by atoms with E-state index in [-0.39, 0.29) is 43.6 Å². The second kappa shape index (κ2) is 9.69. The van der Waals surface area contributed by atoms with E-state index in [9.17, 15) is 24.5 Å². The van der Waals surface area contributed by atoms with Crippen molar-refractivity contribution in [2.75, 3.05) is 44.2 Å². The first-order valence-corrected chi connectivity index (χ1v) is 10.2. The largest absolute Gasteiger partial charge is 0.456 e. The third-order valence-electron chi connectivity index (χ3n) is 6.04. The van der Waals surface area contributed by atoms with Crippen molar-refractivity contribution >= 4 is 23.3 Å². The highest BCUT2D eigenvalue weighted by molar-refractivity contribution is 5.88. The number of rotatable bonds is 7. The number of hydrogen-bond acceptors (Lipinski definition) is 7. The van der Waals surface area contributed by atoms with Gasteiger partial charge in [0.1, 0.15) is 5.78 Å². The Morgan fingerprint density at radius 3 is 2.47 bits per heavy atom. The van der Waals surface area contributed by atoms with Gasteiger partial charge < -0.3 is 14.5 Å². The third-order valence-corrected chi connectivity index (χ3v) is 6.04. The summed E-state index contributed by atoms with van der Waals surface area (Å²) in [5, 5.41) is 10.9. The molecule has 1 saturated carbocycles. The Labute approximate surface area is 175 Å². The second-order valence-electron chi connectivity index (χ2n) is 8.00. The fourth-order valence-corrected chi connectivity index (χ4v) is 4.32. The summed E-state index contributed by atoms with van der Waals surface area (Å²) in [7, 11) is 0. The molecule has 1 aliphatic carbocycles. The normalized spacial score (nSPS) is 24.0. The molecule has 1 heterocycles. The van der Waals surface area contributed by atoms with Gasteiger partial charge in [0.15, 0.2) is 6.61 Å². The summed E-state index contributed by atoms with van der Waals surface area (Å²) in [4.78, 5) is 51.0. The second-order valence-corrected chi connectivity index (χ2v) is 8.00. The van der Waals surface area contributed by atoms with Gasteiger partial charge in [0.05, 0.1) is 6.42 Å². The summed E-state index contributed by atoms with van der Waals surface area (Å²) in [5.74, 6) is -2.39. The van der Waals surface area contributed by atoms with E-state index in [1.165, 1.54) is 0 Å². The molecule has 0 radical (unpaired) electrons. The van der Waals surface area contributed by atoms with Crippen molar-refractivity contribution in [3.63, 3.8) is 0 Å². The van der Waals surface area contributed by atoms with Gasteiger partial charge in [-0.05, 0) is 18.1 Å². The van der Waals surface area contributed by atoms with Gasteiger partial charge in [0, 0.05) is 55.0 Å². The number of esters is 1. The summed E-state index contributed by atoms with van der Waals surface area (Å²) >= 11 is 0. The lowest BCUT2D eigenvalue weighted by Crippen LogP contribution is -2.50. The van der Waals surface area contributed by atoms with Crippen LogP contribution in [0.2, 0.25) is 0 Å². The molecule has 9 heteroatoms. The fourth-order valence-electron chi connectivity index (χ4n) is 4.32. The van der Waals surface area contributed by atoms with Crippen LogP contribution in [0.15, 0.2) is 30.3 Å². The molecule has 2 aliphatic rings. The Morgan fingerprint density at radius 1 is 1.17 bits per heavy atom. The van der Waals surface area contributed by atoms with Crippen LogP contribution in [0.1, 0.15) is 19.8 Å². The summed E-state index contributed by atoms with van der Waals surface area (Å²) in [6, 6.07) is 9.95. The molecule has 1 saturated heterocycles. The minimum Gasteiger partial charge on any atom is -0.456 e. The number of hydrogen-bond donors (Lipinski definition) is 0. The number of nitrogens with zero attached hydrogens (tertiary/aromatic N) is 3. The molecule has 9 nitrogen and oxygen atoms in total. The van der Waals surface area contributed by atoms with E-state index in [1.54, 1.807) is 11.8 Å². The van der Waals surface area contributed by atoms with Crippen molar-refractivity contribution < 1.29 is 24.0 Å². The first kappa shape index (κ1) is 21.7. The van der Waals surface area contributed by atoms with Crippen molar-refractivity contribution in [2.24, 2.45) is 17.8 Å². The molecule has 1 amide bonds. The number of nitro groups is 1. The van der Waals surface area contributed by atoms with Crippen molar-refractivity contribution in [1.82, 2.24) is 4.90 Å². The number of para-hydroxylation sites is 1. The Morgan fingerprint density at radius 2 is 1.83 bits per heavy atom. The van der Waals surface area contributed by atoms with Crippen molar-refractivity contribution in [3.8, 4) is 0 Å². The molecule has 1 aromatic rings. The zero-order valence-electron chi connectivity index (χ0n) is 17.1. The number of Topliss-reactive ketones (excluding diaryl/α,β-unsaturated/α-hetero) is 1. The lowest BCUT2D eigenvalue weighted by atomic mass is 9.88. The van der Waals surface area contributed by atoms with Crippen LogP contribution < -0.4 is 4.90 Å². The molecule has 0 spiro atoms. The van der Waals surface area contributed by atoms with Gasteiger partial charge in [-0.15, -0.1) is 0 Å². The number of carbonyl (C=O) groups is 3. The van der Waals surface area contributed by atoms with Gasteiger partial charge in [0.25, 0.3) is 5.91 Å². The smallest absolute Gasteiger partial charge is 0.307 e.